The first-order valence-electron chi connectivity index (χ1n) is 5.50. The Morgan fingerprint density at radius 2 is 2.05 bits per heavy atom. The largest absolute Gasteiger partial charge is 0.508 e. The number of hydrogen-bond acceptors (Lipinski definition) is 4. The van der Waals surface area contributed by atoms with Gasteiger partial charge in [-0.3, -0.25) is 9.78 Å². The Labute approximate surface area is 116 Å². The fourth-order valence-corrected chi connectivity index (χ4v) is 1.41. The smallest absolute Gasteiger partial charge is 0.298 e. The number of phenolic OH excluding ortho intramolecular Hbond substituents is 1. The van der Waals surface area contributed by atoms with Gasteiger partial charge in [0, 0.05) is 12.3 Å². The summed E-state index contributed by atoms with van der Waals surface area (Å²) in [6.45, 7) is 4.22. The van der Waals surface area contributed by atoms with Crippen LogP contribution in [0.2, 0.25) is 5.02 Å². The van der Waals surface area contributed by atoms with Crippen LogP contribution in [0.4, 0.5) is 0 Å². The van der Waals surface area contributed by atoms with Gasteiger partial charge in [-0.25, -0.2) is 0 Å². The molecule has 2 rings (SSSR count). The topological polar surface area (TPSA) is 59.4 Å². The predicted molar refractivity (Wildman–Crippen MR) is 73.5 cm³/mol. The van der Waals surface area contributed by atoms with E-state index >= 15 is 0 Å². The predicted octanol–water partition coefficient (Wildman–Crippen LogP) is 3.28. The number of benzene rings is 1. The lowest BCUT2D eigenvalue weighted by Crippen LogP contribution is -1.88. The normalized spacial score (nSPS) is 9.21. The first kappa shape index (κ1) is 15.0. The van der Waals surface area contributed by atoms with E-state index in [1.54, 1.807) is 6.07 Å². The molecule has 0 saturated heterocycles. The van der Waals surface area contributed by atoms with Crippen LogP contribution < -0.4 is 4.74 Å². The fourth-order valence-electron chi connectivity index (χ4n) is 1.25. The summed E-state index contributed by atoms with van der Waals surface area (Å²) >= 11 is 5.52. The third-order valence-electron chi connectivity index (χ3n) is 2.44. The lowest BCUT2D eigenvalue weighted by atomic mass is 10.1. The summed E-state index contributed by atoms with van der Waals surface area (Å²) < 4.78 is 4.46. The number of halogens is 1. The second-order valence-corrected chi connectivity index (χ2v) is 4.21. The molecule has 0 atom stereocenters. The summed E-state index contributed by atoms with van der Waals surface area (Å²) in [6.07, 6.45) is 2.86. The number of aromatic hydroxyl groups is 1. The van der Waals surface area contributed by atoms with E-state index in [1.165, 1.54) is 18.5 Å². The van der Waals surface area contributed by atoms with E-state index in [4.69, 9.17) is 16.7 Å². The maximum atomic E-state index is 9.79. The van der Waals surface area contributed by atoms with Crippen LogP contribution in [-0.4, -0.2) is 16.6 Å². The molecule has 2 aromatic rings. The molecule has 0 spiro atoms. The van der Waals surface area contributed by atoms with E-state index < -0.39 is 0 Å². The van der Waals surface area contributed by atoms with Gasteiger partial charge in [0.15, 0.2) is 0 Å². The average Bonchev–Trinajstić information content (AvgIpc) is 2.37. The number of carbonyl (C=O) groups excluding carboxylic acids is 1. The Hall–Kier alpha value is -2.07. The van der Waals surface area contributed by atoms with Crippen molar-refractivity contribution in [3.63, 3.8) is 0 Å². The molecule has 19 heavy (non-hydrogen) atoms. The number of aromatic nitrogens is 1. The maximum Gasteiger partial charge on any atom is 0.298 e. The van der Waals surface area contributed by atoms with Crippen molar-refractivity contribution in [3.8, 4) is 11.5 Å². The molecule has 0 amide bonds. The SMILES string of the molecule is Cc1cccc(O)c1C.O=COc1cncc(Cl)c1. The zero-order valence-corrected chi connectivity index (χ0v) is 11.4. The zero-order chi connectivity index (χ0) is 14.3. The number of carbonyl (C=O) groups is 1. The van der Waals surface area contributed by atoms with E-state index in [9.17, 15) is 4.79 Å². The van der Waals surface area contributed by atoms with Gasteiger partial charge in [-0.15, -0.1) is 0 Å². The molecule has 0 aliphatic carbocycles. The van der Waals surface area contributed by atoms with Crippen molar-refractivity contribution in [2.75, 3.05) is 0 Å². The highest BCUT2D eigenvalue weighted by atomic mass is 35.5. The van der Waals surface area contributed by atoms with E-state index in [2.05, 4.69) is 9.72 Å². The minimum Gasteiger partial charge on any atom is -0.508 e. The molecular weight excluding hydrogens is 266 g/mol. The summed E-state index contributed by atoms with van der Waals surface area (Å²) in [7, 11) is 0. The monoisotopic (exact) mass is 279 g/mol. The Balaban J connectivity index is 0.000000191. The second kappa shape index (κ2) is 7.38. The van der Waals surface area contributed by atoms with E-state index in [0.717, 1.165) is 11.1 Å². The quantitative estimate of drug-likeness (QED) is 0.857. The molecular formula is C14H14ClNO3. The summed E-state index contributed by atoms with van der Waals surface area (Å²) in [5.41, 5.74) is 2.10. The zero-order valence-electron chi connectivity index (χ0n) is 10.6. The van der Waals surface area contributed by atoms with Crippen LogP contribution in [0.15, 0.2) is 36.7 Å². The third kappa shape index (κ3) is 4.97. The van der Waals surface area contributed by atoms with Crippen molar-refractivity contribution in [2.45, 2.75) is 13.8 Å². The molecule has 0 bridgehead atoms. The van der Waals surface area contributed by atoms with Gasteiger partial charge in [0.25, 0.3) is 6.47 Å². The number of aryl methyl sites for hydroxylation is 1. The minimum absolute atomic E-state index is 0.327. The van der Waals surface area contributed by atoms with Gasteiger partial charge in [0.1, 0.15) is 11.5 Å². The molecule has 0 aliphatic heterocycles. The van der Waals surface area contributed by atoms with Crippen molar-refractivity contribution < 1.29 is 14.6 Å². The molecule has 4 nitrogen and oxygen atoms in total. The van der Waals surface area contributed by atoms with Gasteiger partial charge in [0.05, 0.1) is 11.2 Å². The molecule has 1 heterocycles. The highest BCUT2D eigenvalue weighted by Crippen LogP contribution is 2.17. The molecule has 5 heteroatoms. The fraction of sp³-hybridized carbons (Fsp3) is 0.143. The van der Waals surface area contributed by atoms with Gasteiger partial charge in [-0.2, -0.15) is 0 Å². The molecule has 0 aliphatic rings. The first-order chi connectivity index (χ1) is 9.04. The molecule has 1 N–H and O–H groups in total. The van der Waals surface area contributed by atoms with Crippen LogP contribution in [0.5, 0.6) is 11.5 Å². The van der Waals surface area contributed by atoms with E-state index in [0.29, 0.717) is 23.0 Å². The van der Waals surface area contributed by atoms with Gasteiger partial charge < -0.3 is 9.84 Å². The molecule has 0 radical (unpaired) electrons. The molecule has 1 aromatic carbocycles. The number of hydrogen-bond donors (Lipinski definition) is 1. The maximum absolute atomic E-state index is 9.79. The summed E-state index contributed by atoms with van der Waals surface area (Å²) in [5, 5.41) is 9.54. The highest BCUT2D eigenvalue weighted by molar-refractivity contribution is 6.30. The number of nitrogens with zero attached hydrogens (tertiary/aromatic N) is 1. The molecule has 0 saturated carbocycles. The van der Waals surface area contributed by atoms with Crippen LogP contribution in [0, 0.1) is 13.8 Å². The van der Waals surface area contributed by atoms with Crippen molar-refractivity contribution in [1.82, 2.24) is 4.98 Å². The summed E-state index contributed by atoms with van der Waals surface area (Å²) in [6, 6.07) is 7.03. The van der Waals surface area contributed by atoms with Crippen LogP contribution in [0.25, 0.3) is 0 Å². The third-order valence-corrected chi connectivity index (χ3v) is 2.65. The van der Waals surface area contributed by atoms with Crippen molar-refractivity contribution >= 4 is 18.1 Å². The molecule has 0 unspecified atom stereocenters. The molecule has 0 fully saturated rings. The van der Waals surface area contributed by atoms with Crippen molar-refractivity contribution in [2.24, 2.45) is 0 Å². The lowest BCUT2D eigenvalue weighted by Gasteiger charge is -1.99. The van der Waals surface area contributed by atoms with Crippen LogP contribution >= 0.6 is 11.6 Å². The summed E-state index contributed by atoms with van der Waals surface area (Å²) in [4.78, 5) is 13.5. The molecule has 100 valence electrons. The lowest BCUT2D eigenvalue weighted by molar-refractivity contribution is -0.120. The van der Waals surface area contributed by atoms with Gasteiger partial charge in [-0.05, 0) is 31.0 Å². The number of ether oxygens (including phenoxy) is 1. The van der Waals surface area contributed by atoms with Gasteiger partial charge >= 0.3 is 0 Å². The Morgan fingerprint density at radius 1 is 1.32 bits per heavy atom. The number of pyridine rings is 1. The number of rotatable bonds is 2. The second-order valence-electron chi connectivity index (χ2n) is 3.77. The van der Waals surface area contributed by atoms with E-state index in [1.807, 2.05) is 26.0 Å². The Morgan fingerprint density at radius 3 is 2.58 bits per heavy atom. The average molecular weight is 280 g/mol. The van der Waals surface area contributed by atoms with Gasteiger partial charge in [0.2, 0.25) is 0 Å². The van der Waals surface area contributed by atoms with Gasteiger partial charge in [-0.1, -0.05) is 23.7 Å². The van der Waals surface area contributed by atoms with E-state index in [-0.39, 0.29) is 0 Å². The van der Waals surface area contributed by atoms with Crippen molar-refractivity contribution in [1.29, 1.82) is 0 Å². The minimum atomic E-state index is 0.327. The Kier molecular flexibility index (Phi) is 5.82. The number of phenols is 1. The summed E-state index contributed by atoms with van der Waals surface area (Å²) in [5.74, 6) is 0.734. The van der Waals surface area contributed by atoms with Crippen molar-refractivity contribution in [3.05, 3.63) is 52.8 Å². The molecule has 1 aromatic heterocycles. The first-order valence-corrected chi connectivity index (χ1v) is 5.88. The highest BCUT2D eigenvalue weighted by Gasteiger charge is 1.94. The van der Waals surface area contributed by atoms with Crippen LogP contribution in [0.1, 0.15) is 11.1 Å². The standard InChI is InChI=1S/C8H10O.C6H4ClNO2/c1-6-4-3-5-8(9)7(6)2;7-5-1-6(10-4-9)3-8-2-5/h3-5,9H,1-2H3;1-4H. The Bertz CT molecular complexity index is 538. The van der Waals surface area contributed by atoms with Crippen LogP contribution in [-0.2, 0) is 4.79 Å². The van der Waals surface area contributed by atoms with Crippen LogP contribution in [0.3, 0.4) is 0 Å².